The quantitative estimate of drug-likeness (QED) is 0.644. The van der Waals surface area contributed by atoms with Gasteiger partial charge in [0.25, 0.3) is 0 Å². The number of thiol groups is 1. The van der Waals surface area contributed by atoms with Gasteiger partial charge in [0.05, 0.1) is 17.0 Å². The summed E-state index contributed by atoms with van der Waals surface area (Å²) in [5, 5.41) is 0.614. The van der Waals surface area contributed by atoms with Gasteiger partial charge in [-0.25, -0.2) is 0 Å². The molecule has 0 saturated carbocycles. The number of hydrogen-bond acceptors (Lipinski definition) is 2. The lowest BCUT2D eigenvalue weighted by atomic mass is 10.3. The van der Waals surface area contributed by atoms with Gasteiger partial charge < -0.3 is 4.74 Å². The molecule has 1 rings (SSSR count). The van der Waals surface area contributed by atoms with Gasteiger partial charge in [0.2, 0.25) is 0 Å². The molecule has 1 nitrogen and oxygen atoms in total. The largest absolute Gasteiger partial charge is 0.496 e. The van der Waals surface area contributed by atoms with Gasteiger partial charge in [-0.05, 0) is 12.1 Å². The average molecular weight is 175 g/mol. The first-order chi connectivity index (χ1) is 4.75. The van der Waals surface area contributed by atoms with Crippen LogP contribution in [0.2, 0.25) is 5.02 Å². The number of rotatable bonds is 1. The standard InChI is InChI=1S/C7H7ClOS/c1-9-6-4-2-3-5(8)7(6)10/h2-4,10H,1H3. The van der Waals surface area contributed by atoms with Gasteiger partial charge in [-0.2, -0.15) is 0 Å². The fourth-order valence-electron chi connectivity index (χ4n) is 0.660. The molecule has 0 aromatic heterocycles. The molecule has 54 valence electrons. The molecule has 0 saturated heterocycles. The summed E-state index contributed by atoms with van der Waals surface area (Å²) in [6.07, 6.45) is 0. The van der Waals surface area contributed by atoms with E-state index in [9.17, 15) is 0 Å². The van der Waals surface area contributed by atoms with Crippen LogP contribution < -0.4 is 4.74 Å². The van der Waals surface area contributed by atoms with Gasteiger partial charge in [-0.3, -0.25) is 0 Å². The maximum Gasteiger partial charge on any atom is 0.133 e. The molecule has 10 heavy (non-hydrogen) atoms. The van der Waals surface area contributed by atoms with Crippen LogP contribution in [0, 0.1) is 0 Å². The third kappa shape index (κ3) is 1.39. The third-order valence-electron chi connectivity index (χ3n) is 1.17. The lowest BCUT2D eigenvalue weighted by molar-refractivity contribution is 0.405. The zero-order chi connectivity index (χ0) is 7.56. The number of hydrogen-bond donors (Lipinski definition) is 1. The second-order valence-corrected chi connectivity index (χ2v) is 2.65. The molecule has 0 aliphatic rings. The van der Waals surface area contributed by atoms with Gasteiger partial charge in [0.1, 0.15) is 5.75 Å². The maximum absolute atomic E-state index is 5.74. The van der Waals surface area contributed by atoms with Crippen LogP contribution in [0.25, 0.3) is 0 Å². The van der Waals surface area contributed by atoms with Crippen LogP contribution in [0.3, 0.4) is 0 Å². The van der Waals surface area contributed by atoms with Crippen molar-refractivity contribution < 1.29 is 4.74 Å². The Morgan fingerprint density at radius 2 is 2.20 bits per heavy atom. The third-order valence-corrected chi connectivity index (χ3v) is 2.08. The van der Waals surface area contributed by atoms with E-state index in [1.807, 2.05) is 12.1 Å². The van der Waals surface area contributed by atoms with E-state index < -0.39 is 0 Å². The van der Waals surface area contributed by atoms with Gasteiger partial charge in [0, 0.05) is 0 Å². The van der Waals surface area contributed by atoms with Crippen molar-refractivity contribution in [2.45, 2.75) is 4.90 Å². The Bertz CT molecular complexity index is 237. The number of methoxy groups -OCH3 is 1. The molecule has 0 unspecified atom stereocenters. The SMILES string of the molecule is COc1cccc(Cl)c1S. The average Bonchev–Trinajstić information content (AvgIpc) is 1.95. The van der Waals surface area contributed by atoms with Crippen LogP contribution in [0.1, 0.15) is 0 Å². The summed E-state index contributed by atoms with van der Waals surface area (Å²) in [6.45, 7) is 0. The topological polar surface area (TPSA) is 9.23 Å². The number of ether oxygens (including phenoxy) is 1. The van der Waals surface area contributed by atoms with Crippen molar-refractivity contribution >= 4 is 24.2 Å². The summed E-state index contributed by atoms with van der Waals surface area (Å²) in [7, 11) is 1.59. The van der Waals surface area contributed by atoms with Crippen molar-refractivity contribution in [2.24, 2.45) is 0 Å². The predicted molar refractivity (Wildman–Crippen MR) is 45.3 cm³/mol. The Morgan fingerprint density at radius 3 is 2.70 bits per heavy atom. The van der Waals surface area contributed by atoms with Crippen LogP contribution in [0.5, 0.6) is 5.75 Å². The minimum atomic E-state index is 0.614. The molecule has 0 fully saturated rings. The lowest BCUT2D eigenvalue weighted by Gasteiger charge is -2.02. The Hall–Kier alpha value is -0.340. The van der Waals surface area contributed by atoms with Crippen LogP contribution in [0.4, 0.5) is 0 Å². The Morgan fingerprint density at radius 1 is 1.50 bits per heavy atom. The van der Waals surface area contributed by atoms with Gasteiger partial charge >= 0.3 is 0 Å². The van der Waals surface area contributed by atoms with E-state index in [4.69, 9.17) is 16.3 Å². The predicted octanol–water partition coefficient (Wildman–Crippen LogP) is 2.64. The minimum Gasteiger partial charge on any atom is -0.496 e. The minimum absolute atomic E-state index is 0.614. The summed E-state index contributed by atoms with van der Waals surface area (Å²) >= 11 is 9.87. The Balaban J connectivity index is 3.14. The molecular formula is C7H7ClOS. The number of halogens is 1. The summed E-state index contributed by atoms with van der Waals surface area (Å²) in [5.41, 5.74) is 0. The van der Waals surface area contributed by atoms with Crippen LogP contribution in [-0.2, 0) is 0 Å². The summed E-state index contributed by atoms with van der Waals surface area (Å²) in [5.74, 6) is 0.704. The molecular weight excluding hydrogens is 168 g/mol. The molecule has 0 aliphatic heterocycles. The first kappa shape index (κ1) is 7.76. The summed E-state index contributed by atoms with van der Waals surface area (Å²) in [6, 6.07) is 5.40. The van der Waals surface area contributed by atoms with Crippen LogP contribution in [-0.4, -0.2) is 7.11 Å². The smallest absolute Gasteiger partial charge is 0.133 e. The van der Waals surface area contributed by atoms with E-state index in [1.54, 1.807) is 13.2 Å². The summed E-state index contributed by atoms with van der Waals surface area (Å²) < 4.78 is 4.96. The van der Waals surface area contributed by atoms with E-state index in [-0.39, 0.29) is 0 Å². The first-order valence-corrected chi connectivity index (χ1v) is 3.59. The van der Waals surface area contributed by atoms with Gasteiger partial charge in [-0.15, -0.1) is 12.6 Å². The first-order valence-electron chi connectivity index (χ1n) is 2.77. The van der Waals surface area contributed by atoms with E-state index >= 15 is 0 Å². The number of benzene rings is 1. The van der Waals surface area contributed by atoms with Crippen molar-refractivity contribution in [3.8, 4) is 5.75 Å². The van der Waals surface area contributed by atoms with Crippen LogP contribution in [0.15, 0.2) is 23.1 Å². The second-order valence-electron chi connectivity index (χ2n) is 1.79. The fourth-order valence-corrected chi connectivity index (χ4v) is 1.07. The van der Waals surface area contributed by atoms with Gasteiger partial charge in [-0.1, -0.05) is 17.7 Å². The van der Waals surface area contributed by atoms with Crippen molar-refractivity contribution in [3.63, 3.8) is 0 Å². The van der Waals surface area contributed by atoms with Crippen molar-refractivity contribution in [1.29, 1.82) is 0 Å². The monoisotopic (exact) mass is 174 g/mol. The second kappa shape index (κ2) is 3.17. The molecule has 0 amide bonds. The van der Waals surface area contributed by atoms with Crippen molar-refractivity contribution in [2.75, 3.05) is 7.11 Å². The van der Waals surface area contributed by atoms with Gasteiger partial charge in [0.15, 0.2) is 0 Å². The molecule has 0 N–H and O–H groups in total. The van der Waals surface area contributed by atoms with Crippen molar-refractivity contribution in [3.05, 3.63) is 23.2 Å². The zero-order valence-corrected chi connectivity index (χ0v) is 7.12. The van der Waals surface area contributed by atoms with E-state index in [0.717, 1.165) is 0 Å². The normalized spacial score (nSPS) is 9.50. The van der Waals surface area contributed by atoms with Crippen molar-refractivity contribution in [1.82, 2.24) is 0 Å². The van der Waals surface area contributed by atoms with E-state index in [0.29, 0.717) is 15.7 Å². The molecule has 0 radical (unpaired) electrons. The highest BCUT2D eigenvalue weighted by molar-refractivity contribution is 7.80. The fraction of sp³-hybridized carbons (Fsp3) is 0.143. The van der Waals surface area contributed by atoms with Crippen LogP contribution >= 0.6 is 24.2 Å². The highest BCUT2D eigenvalue weighted by Gasteiger charge is 2.00. The molecule has 0 bridgehead atoms. The Labute approximate surface area is 70.4 Å². The molecule has 1 aromatic rings. The molecule has 3 heteroatoms. The van der Waals surface area contributed by atoms with E-state index in [2.05, 4.69) is 12.6 Å². The highest BCUT2D eigenvalue weighted by Crippen LogP contribution is 2.28. The molecule has 1 aromatic carbocycles. The maximum atomic E-state index is 5.74. The van der Waals surface area contributed by atoms with E-state index in [1.165, 1.54) is 0 Å². The molecule has 0 aliphatic carbocycles. The zero-order valence-electron chi connectivity index (χ0n) is 5.47. The lowest BCUT2D eigenvalue weighted by Crippen LogP contribution is -1.83. The molecule has 0 spiro atoms. The molecule has 0 heterocycles. The summed E-state index contributed by atoms with van der Waals surface area (Å²) in [4.78, 5) is 0.687. The highest BCUT2D eigenvalue weighted by atomic mass is 35.5. The molecule has 0 atom stereocenters. The Kier molecular flexibility index (Phi) is 2.46.